The van der Waals surface area contributed by atoms with Crippen molar-refractivity contribution in [3.63, 3.8) is 0 Å². The number of rotatable bonds is 17. The molecule has 0 fully saturated rings. The minimum atomic E-state index is -2.11. The van der Waals surface area contributed by atoms with Crippen molar-refractivity contribution in [2.24, 2.45) is 5.92 Å². The van der Waals surface area contributed by atoms with Crippen molar-refractivity contribution in [3.05, 3.63) is 24.2 Å². The van der Waals surface area contributed by atoms with E-state index in [1.54, 1.807) is 0 Å². The lowest BCUT2D eigenvalue weighted by Gasteiger charge is -2.38. The van der Waals surface area contributed by atoms with Crippen LogP contribution in [0.15, 0.2) is 24.2 Å². The number of hydrogen-bond acceptors (Lipinski definition) is 8. The first-order valence-corrected chi connectivity index (χ1v) is 11.8. The fourth-order valence-electron chi connectivity index (χ4n) is 3.40. The quantitative estimate of drug-likeness (QED) is 0.0686. The molecule has 0 aromatic heterocycles. The number of unbranched alkanes of at least 4 members (excludes halogenated alkanes) is 3. The Balaban J connectivity index is 3.10. The molecule has 0 radical (unpaired) electrons. The van der Waals surface area contributed by atoms with Crippen molar-refractivity contribution in [2.45, 2.75) is 90.1 Å². The van der Waals surface area contributed by atoms with Gasteiger partial charge in [0.15, 0.2) is 18.4 Å². The number of allylic oxidation sites excluding steroid dienone is 1. The molecule has 0 bridgehead atoms. The van der Waals surface area contributed by atoms with E-state index in [9.17, 15) is 19.5 Å². The second-order valence-electron chi connectivity index (χ2n) is 8.33. The van der Waals surface area contributed by atoms with Crippen LogP contribution in [-0.4, -0.2) is 60.2 Å². The lowest BCUT2D eigenvalue weighted by Crippen LogP contribution is -2.57. The Morgan fingerprint density at radius 3 is 2.51 bits per heavy atom. The Hall–Kier alpha value is -2.95. The zero-order valence-electron chi connectivity index (χ0n) is 20.6. The average Bonchev–Trinajstić information content (AvgIpc) is 2.82. The number of carboxylic acid groups (broad SMARTS) is 1. The third-order valence-corrected chi connectivity index (χ3v) is 5.31. The lowest BCUT2D eigenvalue weighted by atomic mass is 9.88. The number of carbonyl (C=O) groups excluding carboxylic acids is 2. The highest BCUT2D eigenvalue weighted by molar-refractivity contribution is 5.86. The molecule has 5 atom stereocenters. The molecule has 198 valence electrons. The Bertz CT molecular complexity index is 773. The zero-order valence-corrected chi connectivity index (χ0v) is 20.6. The second kappa shape index (κ2) is 15.9. The minimum Gasteiger partial charge on any atom is -0.478 e. The molecule has 1 heterocycles. The molecule has 10 nitrogen and oxygen atoms in total. The molecular formula is C24H37FN2O8. The van der Waals surface area contributed by atoms with Crippen molar-refractivity contribution < 1.29 is 43.1 Å². The minimum absolute atomic E-state index is 0.151. The van der Waals surface area contributed by atoms with Gasteiger partial charge >= 0.3 is 11.9 Å². The van der Waals surface area contributed by atoms with E-state index < -0.39 is 60.6 Å². The van der Waals surface area contributed by atoms with E-state index >= 15 is 4.39 Å². The number of carbonyl (C=O) groups is 3. The SMILES string of the molecule is C=C(CCCC)OOC(COC(=O)CCCCC)C(F)[C@@H]1OC(C(=O)O)=C[C@H](C=N)C1NC(C)=O. The number of halogens is 1. The molecule has 1 rings (SSSR count). The molecule has 0 aliphatic carbocycles. The third-order valence-electron chi connectivity index (χ3n) is 5.31. The lowest BCUT2D eigenvalue weighted by molar-refractivity contribution is -0.319. The third kappa shape index (κ3) is 10.5. The molecule has 1 amide bonds. The summed E-state index contributed by atoms with van der Waals surface area (Å²) >= 11 is 0. The van der Waals surface area contributed by atoms with Crippen molar-refractivity contribution in [2.75, 3.05) is 6.61 Å². The van der Waals surface area contributed by atoms with Gasteiger partial charge < -0.3 is 30.2 Å². The van der Waals surface area contributed by atoms with Gasteiger partial charge in [-0.2, -0.15) is 4.89 Å². The molecule has 1 aliphatic heterocycles. The van der Waals surface area contributed by atoms with E-state index in [4.69, 9.17) is 24.7 Å². The normalized spacial score (nSPS) is 21.0. The first-order chi connectivity index (χ1) is 16.6. The number of aliphatic carboxylic acids is 1. The van der Waals surface area contributed by atoms with E-state index in [0.29, 0.717) is 12.8 Å². The highest BCUT2D eigenvalue weighted by Crippen LogP contribution is 2.29. The molecule has 0 aromatic carbocycles. The number of carboxylic acids is 1. The monoisotopic (exact) mass is 500 g/mol. The maximum Gasteiger partial charge on any atom is 0.370 e. The second-order valence-corrected chi connectivity index (χ2v) is 8.33. The fourth-order valence-corrected chi connectivity index (χ4v) is 3.40. The maximum atomic E-state index is 15.9. The first kappa shape index (κ1) is 30.1. The summed E-state index contributed by atoms with van der Waals surface area (Å²) in [7, 11) is 0. The van der Waals surface area contributed by atoms with E-state index in [-0.39, 0.29) is 12.2 Å². The van der Waals surface area contributed by atoms with Crippen LogP contribution in [0, 0.1) is 11.3 Å². The van der Waals surface area contributed by atoms with Crippen LogP contribution in [-0.2, 0) is 33.6 Å². The van der Waals surface area contributed by atoms with Crippen molar-refractivity contribution in [1.29, 1.82) is 5.41 Å². The summed E-state index contributed by atoms with van der Waals surface area (Å²) in [6.45, 7) is 8.34. The number of amides is 1. The Labute approximate surface area is 205 Å². The van der Waals surface area contributed by atoms with Crippen LogP contribution < -0.4 is 5.32 Å². The standard InChI is InChI=1S/C24H37FN2O8/c1-5-7-9-11-20(29)32-14-19(35-34-15(3)10-8-6-2)21(25)23-22(27-16(4)28)17(13-26)12-18(33-23)24(30)31/h12-13,17,19,21-23,26H,3,5-11,14H2,1-2,4H3,(H,27,28)(H,30,31)/t17-,19?,21?,22?,23+/m1/s1. The summed E-state index contributed by atoms with van der Waals surface area (Å²) in [4.78, 5) is 45.7. The van der Waals surface area contributed by atoms with Crippen LogP contribution in [0.4, 0.5) is 4.39 Å². The summed E-state index contributed by atoms with van der Waals surface area (Å²) < 4.78 is 26.4. The average molecular weight is 501 g/mol. The molecular weight excluding hydrogens is 463 g/mol. The van der Waals surface area contributed by atoms with Gasteiger partial charge in [-0.1, -0.05) is 39.7 Å². The smallest absolute Gasteiger partial charge is 0.370 e. The van der Waals surface area contributed by atoms with Gasteiger partial charge in [-0.05, 0) is 18.9 Å². The van der Waals surface area contributed by atoms with E-state index in [2.05, 4.69) is 11.9 Å². The number of ether oxygens (including phenoxy) is 2. The van der Waals surface area contributed by atoms with Crippen molar-refractivity contribution >= 4 is 24.1 Å². The van der Waals surface area contributed by atoms with Crippen LogP contribution in [0.1, 0.15) is 65.7 Å². The molecule has 0 saturated heterocycles. The number of hydrogen-bond donors (Lipinski definition) is 3. The Kier molecular flexibility index (Phi) is 13.6. The van der Waals surface area contributed by atoms with Crippen LogP contribution in [0.2, 0.25) is 0 Å². The van der Waals surface area contributed by atoms with Crippen LogP contribution in [0.25, 0.3) is 0 Å². The molecule has 0 spiro atoms. The summed E-state index contributed by atoms with van der Waals surface area (Å²) in [5, 5.41) is 19.5. The molecule has 3 N–H and O–H groups in total. The Morgan fingerprint density at radius 2 is 1.94 bits per heavy atom. The van der Waals surface area contributed by atoms with Gasteiger partial charge in [-0.15, -0.1) is 0 Å². The Morgan fingerprint density at radius 1 is 1.26 bits per heavy atom. The number of esters is 1. The zero-order chi connectivity index (χ0) is 26.4. The molecule has 11 heteroatoms. The van der Waals surface area contributed by atoms with E-state index in [1.807, 2.05) is 13.8 Å². The van der Waals surface area contributed by atoms with Crippen molar-refractivity contribution in [1.82, 2.24) is 5.32 Å². The van der Waals surface area contributed by atoms with Gasteiger partial charge in [0.05, 0.1) is 6.04 Å². The number of alkyl halides is 1. The molecule has 1 aliphatic rings. The van der Waals surface area contributed by atoms with Crippen LogP contribution in [0.3, 0.4) is 0 Å². The molecule has 3 unspecified atom stereocenters. The predicted octanol–water partition coefficient (Wildman–Crippen LogP) is 3.61. The van der Waals surface area contributed by atoms with Gasteiger partial charge in [-0.3, -0.25) is 9.59 Å². The molecule has 35 heavy (non-hydrogen) atoms. The summed E-state index contributed by atoms with van der Waals surface area (Å²) in [6, 6.07) is -1.11. The highest BCUT2D eigenvalue weighted by Gasteiger charge is 2.46. The van der Waals surface area contributed by atoms with E-state index in [0.717, 1.165) is 38.0 Å². The largest absolute Gasteiger partial charge is 0.478 e. The van der Waals surface area contributed by atoms with Gasteiger partial charge in [0.1, 0.15) is 12.4 Å². The van der Waals surface area contributed by atoms with Gasteiger partial charge in [0.25, 0.3) is 0 Å². The van der Waals surface area contributed by atoms with Crippen LogP contribution in [0.5, 0.6) is 0 Å². The van der Waals surface area contributed by atoms with Crippen molar-refractivity contribution in [3.8, 4) is 0 Å². The summed E-state index contributed by atoms with van der Waals surface area (Å²) in [5.41, 5.74) is 0. The summed E-state index contributed by atoms with van der Waals surface area (Å²) in [6.07, 6.45) is 1.42. The van der Waals surface area contributed by atoms with Crippen LogP contribution >= 0.6 is 0 Å². The van der Waals surface area contributed by atoms with Gasteiger partial charge in [-0.25, -0.2) is 9.18 Å². The van der Waals surface area contributed by atoms with Gasteiger partial charge in [0.2, 0.25) is 11.7 Å². The summed E-state index contributed by atoms with van der Waals surface area (Å²) in [5.74, 6) is -3.82. The predicted molar refractivity (Wildman–Crippen MR) is 125 cm³/mol. The maximum absolute atomic E-state index is 15.9. The first-order valence-electron chi connectivity index (χ1n) is 11.8. The number of nitrogens with one attached hydrogen (secondary N) is 2. The highest BCUT2D eigenvalue weighted by atomic mass is 19.1. The van der Waals surface area contributed by atoms with E-state index in [1.165, 1.54) is 6.92 Å². The molecule has 0 saturated carbocycles. The molecule has 0 aromatic rings. The fraction of sp³-hybridized carbons (Fsp3) is 0.667. The topological polar surface area (TPSA) is 144 Å². The van der Waals surface area contributed by atoms with Gasteiger partial charge in [0, 0.05) is 31.9 Å².